The zero-order valence-electron chi connectivity index (χ0n) is 12.1. The van der Waals surface area contributed by atoms with Crippen LogP contribution in [0.15, 0.2) is 40.1 Å². The average molecular weight is 383 g/mol. The van der Waals surface area contributed by atoms with Gasteiger partial charge in [0.1, 0.15) is 5.69 Å². The van der Waals surface area contributed by atoms with E-state index in [4.69, 9.17) is 0 Å². The molecule has 0 spiro atoms. The van der Waals surface area contributed by atoms with Gasteiger partial charge in [-0.3, -0.25) is 0 Å². The number of aromatic amines is 1. The van der Waals surface area contributed by atoms with Gasteiger partial charge in [0.05, 0.1) is 23.7 Å². The maximum atomic E-state index is 12.6. The Morgan fingerprint density at radius 2 is 2.26 bits per heavy atom. The summed E-state index contributed by atoms with van der Waals surface area (Å²) in [6.45, 7) is -0.825. The molecular weight excluding hydrogens is 370 g/mol. The lowest BCUT2D eigenvalue weighted by Gasteiger charge is -2.03. The molecule has 0 amide bonds. The molecule has 0 unspecified atom stereocenters. The third-order valence-electron chi connectivity index (χ3n) is 3.42. The van der Waals surface area contributed by atoms with Crippen LogP contribution >= 0.6 is 15.9 Å². The molecule has 2 heterocycles. The first-order valence-electron chi connectivity index (χ1n) is 6.90. The number of aromatic hydroxyl groups is 1. The normalized spacial score (nSPS) is 12.5. The fraction of sp³-hybridized carbons (Fsp3) is 0.200. The third kappa shape index (κ3) is 2.98. The van der Waals surface area contributed by atoms with Crippen molar-refractivity contribution in [3.63, 3.8) is 0 Å². The lowest BCUT2D eigenvalue weighted by atomic mass is 10.1. The van der Waals surface area contributed by atoms with Crippen molar-refractivity contribution in [2.24, 2.45) is 4.99 Å². The monoisotopic (exact) mass is 382 g/mol. The predicted octanol–water partition coefficient (Wildman–Crippen LogP) is 4.76. The van der Waals surface area contributed by atoms with E-state index in [0.29, 0.717) is 28.1 Å². The van der Waals surface area contributed by atoms with Gasteiger partial charge in [-0.25, -0.2) is 9.67 Å². The molecule has 23 heavy (non-hydrogen) atoms. The van der Waals surface area contributed by atoms with Crippen LogP contribution in [0.4, 0.5) is 14.5 Å². The molecule has 0 aliphatic carbocycles. The molecule has 0 fully saturated rings. The molecule has 0 radical (unpaired) electrons. The molecule has 1 aromatic carbocycles. The summed E-state index contributed by atoms with van der Waals surface area (Å²) in [4.78, 5) is 7.26. The lowest BCUT2D eigenvalue weighted by molar-refractivity contribution is 0.0566. The van der Waals surface area contributed by atoms with Crippen LogP contribution < -0.4 is 0 Å². The van der Waals surface area contributed by atoms with Gasteiger partial charge in [0, 0.05) is 15.4 Å². The Morgan fingerprint density at radius 1 is 1.48 bits per heavy atom. The molecule has 5 nitrogen and oxygen atoms in total. The van der Waals surface area contributed by atoms with E-state index >= 15 is 0 Å². The highest BCUT2D eigenvalue weighted by atomic mass is 79.9. The number of halogens is 3. The number of aromatic nitrogens is 3. The number of aliphatic imine (C=N–C) groups is 1. The largest absolute Gasteiger partial charge is 0.494 e. The molecule has 0 bridgehead atoms. The van der Waals surface area contributed by atoms with Crippen molar-refractivity contribution in [1.82, 2.24) is 14.8 Å². The number of hydrogen-bond donors (Lipinski definition) is 2. The van der Waals surface area contributed by atoms with Gasteiger partial charge < -0.3 is 10.1 Å². The first-order chi connectivity index (χ1) is 11.0. The zero-order chi connectivity index (χ0) is 16.6. The van der Waals surface area contributed by atoms with Crippen LogP contribution in [0.5, 0.6) is 5.88 Å². The van der Waals surface area contributed by atoms with Crippen LogP contribution in [-0.4, -0.2) is 25.6 Å². The van der Waals surface area contributed by atoms with Crippen LogP contribution in [0, 0.1) is 0 Å². The molecule has 0 saturated heterocycles. The second-order valence-electron chi connectivity index (χ2n) is 4.91. The number of fused-ring (bicyclic) bond motifs is 1. The van der Waals surface area contributed by atoms with E-state index < -0.39 is 6.55 Å². The predicted molar refractivity (Wildman–Crippen MR) is 87.6 cm³/mol. The molecule has 3 rings (SSSR count). The summed E-state index contributed by atoms with van der Waals surface area (Å²) in [7, 11) is 0. The smallest absolute Gasteiger partial charge is 0.333 e. The standard InChI is InChI=1S/C15H13BrF2N4O/c1-2-11(20-9-6-19-22(7-9)15(17)18)13-10-5-8(16)3-4-12(10)21-14(13)23/h3-7,15,21,23H,2H2,1H3. The van der Waals surface area contributed by atoms with Gasteiger partial charge in [-0.2, -0.15) is 13.9 Å². The van der Waals surface area contributed by atoms with E-state index in [1.807, 2.05) is 25.1 Å². The number of rotatable bonds is 4. The molecule has 0 atom stereocenters. The highest BCUT2D eigenvalue weighted by Gasteiger charge is 2.16. The van der Waals surface area contributed by atoms with Gasteiger partial charge in [-0.15, -0.1) is 0 Å². The Morgan fingerprint density at radius 3 is 2.91 bits per heavy atom. The van der Waals surface area contributed by atoms with E-state index in [1.54, 1.807) is 0 Å². The minimum atomic E-state index is -2.71. The summed E-state index contributed by atoms with van der Waals surface area (Å²) < 4.78 is 26.6. The molecule has 8 heteroatoms. The molecule has 0 aliphatic rings. The maximum Gasteiger partial charge on any atom is 0.333 e. The zero-order valence-corrected chi connectivity index (χ0v) is 13.7. The first kappa shape index (κ1) is 15.7. The molecule has 2 N–H and O–H groups in total. The number of benzene rings is 1. The third-order valence-corrected chi connectivity index (χ3v) is 3.91. The Kier molecular flexibility index (Phi) is 4.16. The van der Waals surface area contributed by atoms with Crippen molar-refractivity contribution in [1.29, 1.82) is 0 Å². The fourth-order valence-electron chi connectivity index (χ4n) is 2.40. The van der Waals surface area contributed by atoms with Crippen LogP contribution in [0.3, 0.4) is 0 Å². The van der Waals surface area contributed by atoms with E-state index in [-0.39, 0.29) is 5.88 Å². The highest BCUT2D eigenvalue weighted by molar-refractivity contribution is 9.10. The quantitative estimate of drug-likeness (QED) is 0.638. The number of alkyl halides is 2. The summed E-state index contributed by atoms with van der Waals surface area (Å²) in [6, 6.07) is 5.57. The number of hydrogen-bond acceptors (Lipinski definition) is 3. The van der Waals surface area contributed by atoms with Crippen molar-refractivity contribution in [3.8, 4) is 5.88 Å². The Balaban J connectivity index is 2.11. The average Bonchev–Trinajstić information content (AvgIpc) is 3.09. The second kappa shape index (κ2) is 6.11. The molecular formula is C15H13BrF2N4O. The first-order valence-corrected chi connectivity index (χ1v) is 7.69. The Labute approximate surface area is 138 Å². The number of nitrogens with one attached hydrogen (secondary N) is 1. The summed E-state index contributed by atoms with van der Waals surface area (Å²) >= 11 is 3.40. The molecule has 0 aliphatic heterocycles. The van der Waals surface area contributed by atoms with Crippen molar-refractivity contribution in [3.05, 3.63) is 40.6 Å². The topological polar surface area (TPSA) is 66.2 Å². The van der Waals surface area contributed by atoms with Gasteiger partial charge >= 0.3 is 6.55 Å². The summed E-state index contributed by atoms with van der Waals surface area (Å²) in [5.74, 6) is -0.0000450. The van der Waals surface area contributed by atoms with Crippen molar-refractivity contribution >= 4 is 38.2 Å². The molecule has 120 valence electrons. The summed E-state index contributed by atoms with van der Waals surface area (Å²) in [5, 5.41) is 14.6. The molecule has 2 aromatic heterocycles. The number of nitrogens with zero attached hydrogens (tertiary/aromatic N) is 3. The van der Waals surface area contributed by atoms with Gasteiger partial charge in [0.2, 0.25) is 0 Å². The lowest BCUT2D eigenvalue weighted by Crippen LogP contribution is -1.98. The van der Waals surface area contributed by atoms with Crippen molar-refractivity contribution in [2.75, 3.05) is 0 Å². The van der Waals surface area contributed by atoms with E-state index in [1.165, 1.54) is 12.4 Å². The van der Waals surface area contributed by atoms with Crippen molar-refractivity contribution in [2.45, 2.75) is 19.9 Å². The van der Waals surface area contributed by atoms with Crippen molar-refractivity contribution < 1.29 is 13.9 Å². The maximum absolute atomic E-state index is 12.6. The van der Waals surface area contributed by atoms with E-state index in [9.17, 15) is 13.9 Å². The minimum Gasteiger partial charge on any atom is -0.494 e. The van der Waals surface area contributed by atoms with Crippen LogP contribution in [0.1, 0.15) is 25.5 Å². The molecule has 0 saturated carbocycles. The fourth-order valence-corrected chi connectivity index (χ4v) is 2.76. The summed E-state index contributed by atoms with van der Waals surface area (Å²) in [5.41, 5.74) is 2.23. The Hall–Kier alpha value is -2.22. The van der Waals surface area contributed by atoms with E-state index in [0.717, 1.165) is 15.4 Å². The van der Waals surface area contributed by atoms with E-state index in [2.05, 4.69) is 31.0 Å². The number of H-pyrrole nitrogens is 1. The van der Waals surface area contributed by atoms with Gasteiger partial charge in [-0.1, -0.05) is 22.9 Å². The minimum absolute atomic E-state index is 0.0000450. The van der Waals surface area contributed by atoms with Gasteiger partial charge in [0.25, 0.3) is 0 Å². The highest BCUT2D eigenvalue weighted by Crippen LogP contribution is 2.32. The van der Waals surface area contributed by atoms with Crippen LogP contribution in [0.2, 0.25) is 0 Å². The molecule has 3 aromatic rings. The van der Waals surface area contributed by atoms with Crippen LogP contribution in [0.25, 0.3) is 10.9 Å². The second-order valence-corrected chi connectivity index (χ2v) is 5.82. The SMILES string of the molecule is CCC(=Nc1cnn(C(F)F)c1)c1c(O)[nH]c2ccc(Br)cc12. The van der Waals surface area contributed by atoms with Gasteiger partial charge in [0.15, 0.2) is 5.88 Å². The van der Waals surface area contributed by atoms with Gasteiger partial charge in [-0.05, 0) is 24.6 Å². The Bertz CT molecular complexity index is 885. The van der Waals surface area contributed by atoms with Crippen LogP contribution in [-0.2, 0) is 0 Å². The summed E-state index contributed by atoms with van der Waals surface area (Å²) in [6.07, 6.45) is 2.96.